The maximum Gasteiger partial charge on any atom is 0.286 e. The molecule has 0 saturated carbocycles. The fourth-order valence-corrected chi connectivity index (χ4v) is 1.47. The first-order valence-electron chi connectivity index (χ1n) is 5.82. The molecule has 2 aromatic rings. The van der Waals surface area contributed by atoms with Gasteiger partial charge in [0, 0.05) is 0 Å². The number of hydrogen-bond acceptors (Lipinski definition) is 4. The Morgan fingerprint density at radius 1 is 1.35 bits per heavy atom. The minimum atomic E-state index is -0.566. The van der Waals surface area contributed by atoms with Crippen molar-refractivity contribution in [2.45, 2.75) is 13.1 Å². The molecule has 8 nitrogen and oxygen atoms in total. The van der Waals surface area contributed by atoms with Crippen LogP contribution in [-0.2, 0) is 17.9 Å². The van der Waals surface area contributed by atoms with Crippen molar-refractivity contribution in [1.29, 1.82) is 0 Å². The van der Waals surface area contributed by atoms with Gasteiger partial charge in [0.05, 0.1) is 0 Å². The smallest absolute Gasteiger partial charge is 0.286 e. The number of nitrogens with two attached hydrogens (primary N) is 1. The monoisotopic (exact) mass is 275 g/mol. The predicted octanol–water partition coefficient (Wildman–Crippen LogP) is 0.362. The van der Waals surface area contributed by atoms with Crippen molar-refractivity contribution in [3.63, 3.8) is 0 Å². The molecule has 0 aliphatic carbocycles. The molecule has 1 aromatic carbocycles. The summed E-state index contributed by atoms with van der Waals surface area (Å²) >= 11 is 0. The van der Waals surface area contributed by atoms with Gasteiger partial charge in [-0.1, -0.05) is 30.3 Å². The molecule has 3 amide bonds. The molecule has 0 radical (unpaired) electrons. The van der Waals surface area contributed by atoms with E-state index in [-0.39, 0.29) is 12.4 Å². The van der Waals surface area contributed by atoms with E-state index < -0.39 is 11.9 Å². The molecule has 1 heterocycles. The summed E-state index contributed by atoms with van der Waals surface area (Å²) in [6.45, 7) is 0.225. The Morgan fingerprint density at radius 3 is 2.80 bits per heavy atom. The number of urea groups is 1. The number of nitrogens with one attached hydrogen (secondary N) is 1. The highest BCUT2D eigenvalue weighted by atomic mass is 16.5. The molecule has 0 unspecified atom stereocenters. The zero-order chi connectivity index (χ0) is 14.4. The van der Waals surface area contributed by atoms with E-state index in [4.69, 9.17) is 10.3 Å². The Labute approximate surface area is 114 Å². The van der Waals surface area contributed by atoms with E-state index in [1.807, 2.05) is 30.3 Å². The third-order valence-corrected chi connectivity index (χ3v) is 2.31. The Morgan fingerprint density at radius 2 is 2.10 bits per heavy atom. The van der Waals surface area contributed by atoms with E-state index in [0.29, 0.717) is 6.54 Å². The molecular weight excluding hydrogens is 262 g/mol. The van der Waals surface area contributed by atoms with E-state index in [2.05, 4.69) is 15.9 Å². The molecule has 104 valence electrons. The second-order valence-electron chi connectivity index (χ2n) is 3.96. The normalized spacial score (nSPS) is 10.0. The summed E-state index contributed by atoms with van der Waals surface area (Å²) in [6, 6.07) is 8.85. The van der Waals surface area contributed by atoms with E-state index in [0.717, 1.165) is 10.2 Å². The van der Waals surface area contributed by atoms with Crippen LogP contribution in [-0.4, -0.2) is 17.2 Å². The Hall–Kier alpha value is -2.90. The van der Waals surface area contributed by atoms with Gasteiger partial charge in [-0.15, -0.1) is 0 Å². The molecular formula is C12H13N5O3. The van der Waals surface area contributed by atoms with Crippen molar-refractivity contribution in [2.75, 3.05) is 0 Å². The fraction of sp³-hybridized carbons (Fsp3) is 0.167. The van der Waals surface area contributed by atoms with Gasteiger partial charge in [0.2, 0.25) is 12.1 Å². The minimum absolute atomic E-state index is 0.00295. The number of amides is 3. The standard InChI is InChI=1S/C12H13N5O3/c13-10(18)7-17-8-11(20-16-17)15-12(19)14-6-9-4-2-1-3-5-9/h1-5,8H,6-7H2,(H3-,13,14,15,16,18,19). The fourth-order valence-electron chi connectivity index (χ4n) is 1.47. The topological polar surface area (TPSA) is 116 Å². The third kappa shape index (κ3) is 4.09. The highest BCUT2D eigenvalue weighted by Crippen LogP contribution is 2.13. The number of hydrogen-bond donors (Lipinski definition) is 2. The van der Waals surface area contributed by atoms with E-state index >= 15 is 0 Å². The first-order chi connectivity index (χ1) is 9.63. The quantitative estimate of drug-likeness (QED) is 0.766. The summed E-state index contributed by atoms with van der Waals surface area (Å²) in [4.78, 5) is 22.2. The van der Waals surface area contributed by atoms with Crippen LogP contribution in [0, 0.1) is 0 Å². The number of benzene rings is 1. The number of nitrogens with zero attached hydrogens (tertiary/aromatic N) is 3. The van der Waals surface area contributed by atoms with Crippen LogP contribution in [0.5, 0.6) is 0 Å². The SMILES string of the molecule is NC(=O)C[n+]1cc([N-]C(=O)NCc2ccccc2)on1. The largest absolute Gasteiger partial charge is 0.445 e. The van der Waals surface area contributed by atoms with E-state index in [9.17, 15) is 9.59 Å². The van der Waals surface area contributed by atoms with Crippen LogP contribution in [0.15, 0.2) is 41.1 Å². The van der Waals surface area contributed by atoms with Crippen molar-refractivity contribution in [3.8, 4) is 0 Å². The van der Waals surface area contributed by atoms with Crippen LogP contribution in [0.3, 0.4) is 0 Å². The highest BCUT2D eigenvalue weighted by molar-refractivity contribution is 5.93. The molecule has 0 aliphatic heterocycles. The molecule has 0 fully saturated rings. The predicted molar refractivity (Wildman–Crippen MR) is 67.6 cm³/mol. The molecule has 2 rings (SSSR count). The first-order valence-corrected chi connectivity index (χ1v) is 5.82. The van der Waals surface area contributed by atoms with Crippen LogP contribution in [0.25, 0.3) is 5.32 Å². The summed E-state index contributed by atoms with van der Waals surface area (Å²) in [5.41, 5.74) is 5.95. The lowest BCUT2D eigenvalue weighted by Gasteiger charge is -2.12. The molecule has 0 saturated heterocycles. The van der Waals surface area contributed by atoms with Gasteiger partial charge in [-0.25, -0.2) is 0 Å². The van der Waals surface area contributed by atoms with Gasteiger partial charge in [-0.05, 0) is 16.8 Å². The highest BCUT2D eigenvalue weighted by Gasteiger charge is 2.12. The summed E-state index contributed by atoms with van der Waals surface area (Å²) in [6.07, 6.45) is 1.31. The second-order valence-corrected chi connectivity index (χ2v) is 3.96. The molecule has 0 atom stereocenters. The number of rotatable bonds is 5. The van der Waals surface area contributed by atoms with Gasteiger partial charge in [-0.2, -0.15) is 0 Å². The van der Waals surface area contributed by atoms with Gasteiger partial charge < -0.3 is 20.9 Å². The average molecular weight is 275 g/mol. The molecule has 0 aliphatic rings. The number of aromatic nitrogens is 2. The van der Waals surface area contributed by atoms with Crippen LogP contribution < -0.4 is 15.7 Å². The summed E-state index contributed by atoms with van der Waals surface area (Å²) in [5.74, 6) is -0.569. The van der Waals surface area contributed by atoms with E-state index in [1.165, 1.54) is 6.20 Å². The Bertz CT molecular complexity index is 596. The molecule has 3 N–H and O–H groups in total. The van der Waals surface area contributed by atoms with Gasteiger partial charge >= 0.3 is 0 Å². The van der Waals surface area contributed by atoms with Crippen molar-refractivity contribution in [3.05, 3.63) is 47.4 Å². The van der Waals surface area contributed by atoms with Gasteiger partial charge in [0.25, 0.3) is 12.5 Å². The lowest BCUT2D eigenvalue weighted by molar-refractivity contribution is -0.750. The van der Waals surface area contributed by atoms with E-state index in [1.54, 1.807) is 0 Å². The zero-order valence-corrected chi connectivity index (χ0v) is 10.5. The lowest BCUT2D eigenvalue weighted by Crippen LogP contribution is -2.41. The van der Waals surface area contributed by atoms with Gasteiger partial charge in [-0.3, -0.25) is 9.59 Å². The maximum atomic E-state index is 11.6. The van der Waals surface area contributed by atoms with Crippen molar-refractivity contribution in [1.82, 2.24) is 10.6 Å². The molecule has 0 spiro atoms. The van der Waals surface area contributed by atoms with Gasteiger partial charge in [0.15, 0.2) is 11.3 Å². The van der Waals surface area contributed by atoms with Crippen LogP contribution >= 0.6 is 0 Å². The maximum absolute atomic E-state index is 11.6. The summed E-state index contributed by atoms with van der Waals surface area (Å²) < 4.78 is 5.92. The number of primary amides is 1. The minimum Gasteiger partial charge on any atom is -0.445 e. The van der Waals surface area contributed by atoms with Crippen molar-refractivity contribution >= 4 is 17.8 Å². The number of carbonyl (C=O) groups is 2. The van der Waals surface area contributed by atoms with Crippen LogP contribution in [0.4, 0.5) is 10.7 Å². The first kappa shape index (κ1) is 13.5. The van der Waals surface area contributed by atoms with Crippen LogP contribution in [0.1, 0.15) is 5.56 Å². The zero-order valence-electron chi connectivity index (χ0n) is 10.5. The third-order valence-electron chi connectivity index (χ3n) is 2.31. The second kappa shape index (κ2) is 6.32. The Kier molecular flexibility index (Phi) is 4.28. The number of carbonyl (C=O) groups excluding carboxylic acids is 2. The molecule has 0 bridgehead atoms. The van der Waals surface area contributed by atoms with Crippen molar-refractivity contribution < 1.29 is 18.8 Å². The molecule has 20 heavy (non-hydrogen) atoms. The van der Waals surface area contributed by atoms with Crippen molar-refractivity contribution in [2.24, 2.45) is 5.73 Å². The lowest BCUT2D eigenvalue weighted by atomic mass is 10.2. The Balaban J connectivity index is 1.82. The van der Waals surface area contributed by atoms with Gasteiger partial charge in [0.1, 0.15) is 0 Å². The summed E-state index contributed by atoms with van der Waals surface area (Å²) in [5, 5.41) is 9.75. The summed E-state index contributed by atoms with van der Waals surface area (Å²) in [7, 11) is 0. The molecule has 8 heteroatoms. The van der Waals surface area contributed by atoms with Crippen LogP contribution in [0.2, 0.25) is 0 Å². The average Bonchev–Trinajstić information content (AvgIpc) is 2.84. The molecule has 1 aromatic heterocycles.